The zero-order valence-electron chi connectivity index (χ0n) is 18.9. The fraction of sp³-hybridized carbons (Fsp3) is 0.200. The molecule has 1 unspecified atom stereocenters. The average molecular weight is 467 g/mol. The third-order valence-electron chi connectivity index (χ3n) is 5.12. The van der Waals surface area contributed by atoms with Crippen LogP contribution in [0.15, 0.2) is 77.7 Å². The summed E-state index contributed by atoms with van der Waals surface area (Å²) in [5.41, 5.74) is 3.22. The minimum Gasteiger partial charge on any atom is -0.449 e. The van der Waals surface area contributed by atoms with Crippen LogP contribution >= 0.6 is 0 Å². The molecule has 0 saturated heterocycles. The third kappa shape index (κ3) is 5.78. The predicted molar refractivity (Wildman–Crippen MR) is 128 cm³/mol. The van der Waals surface area contributed by atoms with Crippen molar-refractivity contribution in [2.45, 2.75) is 31.8 Å². The molecule has 0 aliphatic heterocycles. The van der Waals surface area contributed by atoms with Crippen molar-refractivity contribution >= 4 is 33.3 Å². The Bertz CT molecular complexity index is 1240. The molecule has 1 N–H and O–H groups in total. The lowest BCUT2D eigenvalue weighted by Gasteiger charge is -2.20. The van der Waals surface area contributed by atoms with E-state index >= 15 is 0 Å². The molecule has 0 saturated carbocycles. The molecule has 0 heterocycles. The molecule has 33 heavy (non-hydrogen) atoms. The van der Waals surface area contributed by atoms with Crippen molar-refractivity contribution in [3.8, 4) is 0 Å². The van der Waals surface area contributed by atoms with Gasteiger partial charge in [-0.1, -0.05) is 35.4 Å². The first-order valence-electron chi connectivity index (χ1n) is 10.3. The molecule has 0 fully saturated rings. The van der Waals surface area contributed by atoms with Gasteiger partial charge in [0.15, 0.2) is 6.10 Å². The van der Waals surface area contributed by atoms with Gasteiger partial charge in [-0.25, -0.2) is 13.2 Å². The molecule has 0 bridgehead atoms. The Morgan fingerprint density at radius 3 is 1.91 bits per heavy atom. The molecule has 3 aromatic rings. The predicted octanol–water partition coefficient (Wildman–Crippen LogP) is 4.31. The lowest BCUT2D eigenvalue weighted by atomic mass is 10.2. The number of hydrogen-bond acceptors (Lipinski definition) is 5. The van der Waals surface area contributed by atoms with E-state index in [-0.39, 0.29) is 10.5 Å². The molecule has 0 aliphatic rings. The maximum atomic E-state index is 12.8. The average Bonchev–Trinajstić information content (AvgIpc) is 2.80. The summed E-state index contributed by atoms with van der Waals surface area (Å²) in [5, 5.41) is 2.70. The summed E-state index contributed by atoms with van der Waals surface area (Å²) in [6, 6.07) is 19.8. The SMILES string of the molecule is Cc1ccc(NC(=O)C(C)OC(=O)c2ccc(N(C)S(=O)(=O)c3ccc(C)cc3)cc2)cc1. The summed E-state index contributed by atoms with van der Waals surface area (Å²) in [7, 11) is -2.30. The Morgan fingerprint density at radius 1 is 0.848 bits per heavy atom. The summed E-state index contributed by atoms with van der Waals surface area (Å²) in [6.45, 7) is 5.31. The van der Waals surface area contributed by atoms with E-state index in [0.717, 1.165) is 15.4 Å². The fourth-order valence-corrected chi connectivity index (χ4v) is 4.17. The maximum absolute atomic E-state index is 12.8. The van der Waals surface area contributed by atoms with Gasteiger partial charge in [-0.05, 0) is 69.3 Å². The van der Waals surface area contributed by atoms with Gasteiger partial charge < -0.3 is 10.1 Å². The van der Waals surface area contributed by atoms with Gasteiger partial charge in [0.2, 0.25) is 0 Å². The first-order valence-corrected chi connectivity index (χ1v) is 11.8. The second kappa shape index (κ2) is 9.87. The van der Waals surface area contributed by atoms with Crippen molar-refractivity contribution in [3.63, 3.8) is 0 Å². The van der Waals surface area contributed by atoms with Crippen LogP contribution in [0.25, 0.3) is 0 Å². The number of aryl methyl sites for hydroxylation is 2. The van der Waals surface area contributed by atoms with Crippen molar-refractivity contribution in [2.75, 3.05) is 16.7 Å². The molecule has 172 valence electrons. The second-order valence-corrected chi connectivity index (χ2v) is 9.70. The molecular formula is C25H26N2O5S. The molecule has 0 aromatic heterocycles. The maximum Gasteiger partial charge on any atom is 0.338 e. The first kappa shape index (κ1) is 24.0. The Morgan fingerprint density at radius 2 is 1.36 bits per heavy atom. The van der Waals surface area contributed by atoms with Gasteiger partial charge in [-0.2, -0.15) is 0 Å². The number of esters is 1. The van der Waals surface area contributed by atoms with E-state index in [1.807, 2.05) is 26.0 Å². The van der Waals surface area contributed by atoms with Crippen LogP contribution in [0.2, 0.25) is 0 Å². The van der Waals surface area contributed by atoms with Crippen LogP contribution in [0.5, 0.6) is 0 Å². The number of sulfonamides is 1. The summed E-state index contributed by atoms with van der Waals surface area (Å²) in [6.07, 6.45) is -1.01. The van der Waals surface area contributed by atoms with Gasteiger partial charge in [-0.3, -0.25) is 9.10 Å². The normalized spacial score (nSPS) is 12.0. The highest BCUT2D eigenvalue weighted by molar-refractivity contribution is 7.92. The van der Waals surface area contributed by atoms with Gasteiger partial charge >= 0.3 is 5.97 Å². The molecule has 3 aromatic carbocycles. The standard InChI is InChI=1S/C25H26N2O5S/c1-17-5-11-21(12-6-17)26-24(28)19(3)32-25(29)20-9-13-22(14-10-20)27(4)33(30,31)23-15-7-18(2)8-16-23/h5-16,19H,1-4H3,(H,26,28). The zero-order valence-corrected chi connectivity index (χ0v) is 19.7. The molecule has 0 aliphatic carbocycles. The lowest BCUT2D eigenvalue weighted by Crippen LogP contribution is -2.30. The van der Waals surface area contributed by atoms with Crippen LogP contribution in [0, 0.1) is 13.8 Å². The monoisotopic (exact) mass is 466 g/mol. The zero-order chi connectivity index (χ0) is 24.2. The van der Waals surface area contributed by atoms with E-state index in [1.165, 1.54) is 38.2 Å². The van der Waals surface area contributed by atoms with E-state index in [2.05, 4.69) is 5.32 Å². The number of carbonyl (C=O) groups excluding carboxylic acids is 2. The third-order valence-corrected chi connectivity index (χ3v) is 6.92. The molecule has 7 nitrogen and oxygen atoms in total. The molecule has 0 spiro atoms. The Kier molecular flexibility index (Phi) is 7.18. The van der Waals surface area contributed by atoms with Gasteiger partial charge in [0.05, 0.1) is 16.1 Å². The van der Waals surface area contributed by atoms with Gasteiger partial charge in [-0.15, -0.1) is 0 Å². The fourth-order valence-electron chi connectivity index (χ4n) is 2.98. The number of amides is 1. The summed E-state index contributed by atoms with van der Waals surface area (Å²) in [4.78, 5) is 24.9. The van der Waals surface area contributed by atoms with Crippen LogP contribution in [-0.2, 0) is 19.6 Å². The summed E-state index contributed by atoms with van der Waals surface area (Å²) < 4.78 is 32.1. The molecule has 0 radical (unpaired) electrons. The van der Waals surface area contributed by atoms with Crippen LogP contribution in [0.1, 0.15) is 28.4 Å². The number of benzene rings is 3. The highest BCUT2D eigenvalue weighted by atomic mass is 32.2. The van der Waals surface area contributed by atoms with Crippen molar-refractivity contribution in [1.82, 2.24) is 0 Å². The van der Waals surface area contributed by atoms with Crippen molar-refractivity contribution < 1.29 is 22.7 Å². The van der Waals surface area contributed by atoms with E-state index in [4.69, 9.17) is 4.74 Å². The van der Waals surface area contributed by atoms with Crippen LogP contribution in [0.4, 0.5) is 11.4 Å². The Balaban J connectivity index is 1.65. The second-order valence-electron chi connectivity index (χ2n) is 7.74. The number of carbonyl (C=O) groups is 2. The summed E-state index contributed by atoms with van der Waals surface area (Å²) >= 11 is 0. The van der Waals surface area contributed by atoms with E-state index in [9.17, 15) is 18.0 Å². The summed E-state index contributed by atoms with van der Waals surface area (Å²) in [5.74, 6) is -1.13. The Hall–Kier alpha value is -3.65. The molecular weight excluding hydrogens is 440 g/mol. The van der Waals surface area contributed by atoms with Crippen LogP contribution in [0.3, 0.4) is 0 Å². The topological polar surface area (TPSA) is 92.8 Å². The highest BCUT2D eigenvalue weighted by Crippen LogP contribution is 2.23. The number of anilines is 2. The van der Waals surface area contributed by atoms with E-state index < -0.39 is 28.0 Å². The number of rotatable bonds is 7. The Labute approximate surface area is 194 Å². The molecule has 3 rings (SSSR count). The largest absolute Gasteiger partial charge is 0.449 e. The number of nitrogens with zero attached hydrogens (tertiary/aromatic N) is 1. The molecule has 1 amide bonds. The van der Waals surface area contributed by atoms with Crippen LogP contribution < -0.4 is 9.62 Å². The number of nitrogens with one attached hydrogen (secondary N) is 1. The van der Waals surface area contributed by atoms with Crippen LogP contribution in [-0.4, -0.2) is 33.4 Å². The van der Waals surface area contributed by atoms with Crippen molar-refractivity contribution in [3.05, 3.63) is 89.5 Å². The van der Waals surface area contributed by atoms with Crippen molar-refractivity contribution in [2.24, 2.45) is 0 Å². The van der Waals surface area contributed by atoms with E-state index in [0.29, 0.717) is 11.4 Å². The molecule has 8 heteroatoms. The quantitative estimate of drug-likeness (QED) is 0.524. The highest BCUT2D eigenvalue weighted by Gasteiger charge is 2.22. The minimum atomic E-state index is -3.74. The smallest absolute Gasteiger partial charge is 0.338 e. The van der Waals surface area contributed by atoms with Gasteiger partial charge in [0.25, 0.3) is 15.9 Å². The lowest BCUT2D eigenvalue weighted by molar-refractivity contribution is -0.123. The molecule has 1 atom stereocenters. The van der Waals surface area contributed by atoms with Gasteiger partial charge in [0.1, 0.15) is 0 Å². The minimum absolute atomic E-state index is 0.174. The van der Waals surface area contributed by atoms with Gasteiger partial charge in [0, 0.05) is 12.7 Å². The number of hydrogen-bond donors (Lipinski definition) is 1. The first-order chi connectivity index (χ1) is 15.6. The number of ether oxygens (including phenoxy) is 1. The van der Waals surface area contributed by atoms with E-state index in [1.54, 1.807) is 36.4 Å². The van der Waals surface area contributed by atoms with Crippen molar-refractivity contribution in [1.29, 1.82) is 0 Å².